The van der Waals surface area contributed by atoms with Crippen molar-refractivity contribution in [2.75, 3.05) is 38.4 Å². The normalized spacial score (nSPS) is 12.3. The van der Waals surface area contributed by atoms with Gasteiger partial charge in [0.05, 0.1) is 25.4 Å². The van der Waals surface area contributed by atoms with Crippen LogP contribution in [0.1, 0.15) is 6.92 Å². The number of rotatable bonds is 6. The molecule has 0 heterocycles. The van der Waals surface area contributed by atoms with E-state index < -0.39 is 0 Å². The van der Waals surface area contributed by atoms with Gasteiger partial charge in [-0.3, -0.25) is 9.69 Å². The average Bonchev–Trinajstić information content (AvgIpc) is 2.38. The van der Waals surface area contributed by atoms with E-state index >= 15 is 0 Å². The van der Waals surface area contributed by atoms with E-state index in [2.05, 4.69) is 5.32 Å². The molecule has 1 atom stereocenters. The molecule has 0 saturated carbocycles. The predicted octanol–water partition coefficient (Wildman–Crippen LogP) is 0.528. The molecule has 106 valence electrons. The molecule has 0 fully saturated rings. The van der Waals surface area contributed by atoms with E-state index in [1.807, 2.05) is 0 Å². The summed E-state index contributed by atoms with van der Waals surface area (Å²) in [4.78, 5) is 13.8. The third-order valence-electron chi connectivity index (χ3n) is 2.97. The molecule has 0 aromatic heterocycles. The van der Waals surface area contributed by atoms with E-state index in [9.17, 15) is 4.79 Å². The molecule has 0 bridgehead atoms. The zero-order valence-electron chi connectivity index (χ0n) is 11.5. The second-order valence-electron chi connectivity index (χ2n) is 4.33. The van der Waals surface area contributed by atoms with Crippen LogP contribution in [0.4, 0.5) is 11.4 Å². The highest BCUT2D eigenvalue weighted by atomic mass is 16.5. The molecule has 0 aliphatic carbocycles. The Morgan fingerprint density at radius 1 is 1.58 bits per heavy atom. The summed E-state index contributed by atoms with van der Waals surface area (Å²) >= 11 is 0. The fraction of sp³-hybridized carbons (Fsp3) is 0.462. The van der Waals surface area contributed by atoms with Crippen molar-refractivity contribution in [2.45, 2.75) is 13.0 Å². The Hall–Kier alpha value is -1.79. The van der Waals surface area contributed by atoms with E-state index in [-0.39, 0.29) is 18.6 Å². The lowest BCUT2D eigenvalue weighted by Crippen LogP contribution is -2.40. The maximum Gasteiger partial charge on any atom is 0.241 e. The fourth-order valence-electron chi connectivity index (χ4n) is 1.61. The zero-order chi connectivity index (χ0) is 14.4. The Kier molecular flexibility index (Phi) is 5.59. The molecule has 0 saturated heterocycles. The van der Waals surface area contributed by atoms with Crippen molar-refractivity contribution in [3.63, 3.8) is 0 Å². The first kappa shape index (κ1) is 15.3. The third-order valence-corrected chi connectivity index (χ3v) is 2.97. The summed E-state index contributed by atoms with van der Waals surface area (Å²) in [5.41, 5.74) is 6.78. The summed E-state index contributed by atoms with van der Waals surface area (Å²) in [6.07, 6.45) is 0. The van der Waals surface area contributed by atoms with E-state index in [4.69, 9.17) is 15.6 Å². The number of aliphatic hydroxyl groups excluding tert-OH is 1. The molecule has 1 unspecified atom stereocenters. The summed E-state index contributed by atoms with van der Waals surface area (Å²) in [5.74, 6) is 0.374. The Morgan fingerprint density at radius 3 is 2.84 bits per heavy atom. The number of hydrogen-bond acceptors (Lipinski definition) is 5. The number of hydrogen-bond donors (Lipinski definition) is 3. The lowest BCUT2D eigenvalue weighted by atomic mass is 10.2. The second kappa shape index (κ2) is 6.96. The number of ether oxygens (including phenoxy) is 1. The first-order chi connectivity index (χ1) is 8.99. The zero-order valence-corrected chi connectivity index (χ0v) is 11.5. The lowest BCUT2D eigenvalue weighted by Gasteiger charge is -2.23. The number of carbonyl (C=O) groups is 1. The maximum atomic E-state index is 12.1. The molecule has 0 aliphatic rings. The van der Waals surface area contributed by atoms with Crippen molar-refractivity contribution in [3.8, 4) is 5.75 Å². The van der Waals surface area contributed by atoms with Gasteiger partial charge in [-0.15, -0.1) is 0 Å². The number of likely N-dealkylation sites (N-methyl/N-ethyl adjacent to an activating group) is 1. The highest BCUT2D eigenvalue weighted by molar-refractivity contribution is 5.96. The van der Waals surface area contributed by atoms with Crippen LogP contribution in [0.25, 0.3) is 0 Å². The monoisotopic (exact) mass is 267 g/mol. The highest BCUT2D eigenvalue weighted by Crippen LogP contribution is 2.26. The van der Waals surface area contributed by atoms with Crippen LogP contribution >= 0.6 is 0 Å². The molecular weight excluding hydrogens is 246 g/mol. The number of carbonyl (C=O) groups excluding carboxylic acids is 1. The summed E-state index contributed by atoms with van der Waals surface area (Å²) in [7, 11) is 3.31. The van der Waals surface area contributed by atoms with Crippen molar-refractivity contribution >= 4 is 17.3 Å². The van der Waals surface area contributed by atoms with E-state index in [1.165, 1.54) is 7.11 Å². The topological polar surface area (TPSA) is 87.8 Å². The number of methoxy groups -OCH3 is 1. The van der Waals surface area contributed by atoms with Crippen LogP contribution in [-0.2, 0) is 4.79 Å². The molecule has 0 spiro atoms. The van der Waals surface area contributed by atoms with E-state index in [1.54, 1.807) is 37.1 Å². The number of nitrogens with zero attached hydrogens (tertiary/aromatic N) is 1. The smallest absolute Gasteiger partial charge is 0.241 e. The number of nitrogen functional groups attached to an aromatic ring is 1. The van der Waals surface area contributed by atoms with Crippen LogP contribution < -0.4 is 15.8 Å². The van der Waals surface area contributed by atoms with Crippen LogP contribution in [0.15, 0.2) is 18.2 Å². The lowest BCUT2D eigenvalue weighted by molar-refractivity contribution is -0.120. The molecule has 6 nitrogen and oxygen atoms in total. The molecule has 1 aromatic rings. The van der Waals surface area contributed by atoms with Crippen LogP contribution in [-0.4, -0.2) is 49.3 Å². The van der Waals surface area contributed by atoms with Gasteiger partial charge in [-0.1, -0.05) is 0 Å². The highest BCUT2D eigenvalue weighted by Gasteiger charge is 2.18. The van der Waals surface area contributed by atoms with Crippen molar-refractivity contribution in [1.29, 1.82) is 0 Å². The van der Waals surface area contributed by atoms with Crippen molar-refractivity contribution in [2.24, 2.45) is 0 Å². The quantitative estimate of drug-likeness (QED) is 0.654. The van der Waals surface area contributed by atoms with Crippen LogP contribution in [0.3, 0.4) is 0 Å². The Balaban J connectivity index is 2.78. The summed E-state index contributed by atoms with van der Waals surface area (Å²) in [5, 5.41) is 11.6. The number of nitrogens with one attached hydrogen (secondary N) is 1. The number of aliphatic hydroxyl groups is 1. The SMILES string of the molecule is COc1ccc(N)cc1NC(=O)C(C)N(C)CCO. The van der Waals surface area contributed by atoms with Crippen LogP contribution in [0.2, 0.25) is 0 Å². The number of benzene rings is 1. The largest absolute Gasteiger partial charge is 0.495 e. The van der Waals surface area contributed by atoms with Gasteiger partial charge < -0.3 is 20.9 Å². The average molecular weight is 267 g/mol. The second-order valence-corrected chi connectivity index (χ2v) is 4.33. The van der Waals surface area contributed by atoms with Gasteiger partial charge in [0.1, 0.15) is 5.75 Å². The summed E-state index contributed by atoms with van der Waals surface area (Å²) in [6, 6.07) is 4.69. The van der Waals surface area contributed by atoms with Crippen molar-refractivity contribution < 1.29 is 14.6 Å². The van der Waals surface area contributed by atoms with Crippen molar-refractivity contribution in [1.82, 2.24) is 4.90 Å². The van der Waals surface area contributed by atoms with Gasteiger partial charge in [-0.05, 0) is 32.2 Å². The summed E-state index contributed by atoms with van der Waals surface area (Å²) in [6.45, 7) is 2.21. The summed E-state index contributed by atoms with van der Waals surface area (Å²) < 4.78 is 5.17. The number of anilines is 2. The van der Waals surface area contributed by atoms with Gasteiger partial charge in [0, 0.05) is 12.2 Å². The maximum absolute atomic E-state index is 12.1. The minimum atomic E-state index is -0.363. The van der Waals surface area contributed by atoms with E-state index in [0.29, 0.717) is 23.7 Å². The Morgan fingerprint density at radius 2 is 2.26 bits per heavy atom. The van der Waals surface area contributed by atoms with E-state index in [0.717, 1.165) is 0 Å². The van der Waals surface area contributed by atoms with Gasteiger partial charge in [0.25, 0.3) is 0 Å². The molecular formula is C13H21N3O3. The molecule has 6 heteroatoms. The first-order valence-electron chi connectivity index (χ1n) is 6.05. The minimum Gasteiger partial charge on any atom is -0.495 e. The number of nitrogens with two attached hydrogens (primary N) is 1. The predicted molar refractivity (Wildman–Crippen MR) is 75.2 cm³/mol. The van der Waals surface area contributed by atoms with Gasteiger partial charge in [0.15, 0.2) is 0 Å². The Bertz CT molecular complexity index is 437. The fourth-order valence-corrected chi connectivity index (χ4v) is 1.61. The third kappa shape index (κ3) is 4.11. The first-order valence-corrected chi connectivity index (χ1v) is 6.05. The molecule has 1 rings (SSSR count). The van der Waals surface area contributed by atoms with Gasteiger partial charge >= 0.3 is 0 Å². The molecule has 0 aliphatic heterocycles. The van der Waals surface area contributed by atoms with Crippen LogP contribution in [0, 0.1) is 0 Å². The molecule has 4 N–H and O–H groups in total. The molecule has 0 radical (unpaired) electrons. The van der Waals surface area contributed by atoms with Crippen LogP contribution in [0.5, 0.6) is 5.75 Å². The van der Waals surface area contributed by atoms with Gasteiger partial charge in [-0.2, -0.15) is 0 Å². The van der Waals surface area contributed by atoms with Crippen molar-refractivity contribution in [3.05, 3.63) is 18.2 Å². The molecule has 19 heavy (non-hydrogen) atoms. The number of amides is 1. The standard InChI is InChI=1S/C13H21N3O3/c1-9(16(2)6-7-17)13(18)15-11-8-10(14)4-5-12(11)19-3/h4-5,8-9,17H,6-7,14H2,1-3H3,(H,15,18). The minimum absolute atomic E-state index is 0.00965. The molecule has 1 aromatic carbocycles. The van der Waals surface area contributed by atoms with Gasteiger partial charge in [-0.25, -0.2) is 0 Å². The Labute approximate surface area is 113 Å². The van der Waals surface area contributed by atoms with Gasteiger partial charge in [0.2, 0.25) is 5.91 Å². The molecule has 1 amide bonds.